The van der Waals surface area contributed by atoms with Crippen LogP contribution in [0.4, 0.5) is 0 Å². The lowest BCUT2D eigenvalue weighted by atomic mass is 9.95. The van der Waals surface area contributed by atoms with E-state index >= 15 is 0 Å². The third-order valence-corrected chi connectivity index (χ3v) is 6.73. The van der Waals surface area contributed by atoms with Gasteiger partial charge in [0.05, 0.1) is 24.5 Å². The van der Waals surface area contributed by atoms with Crippen LogP contribution in [0, 0.1) is 5.92 Å². The molecule has 0 bridgehead atoms. The van der Waals surface area contributed by atoms with Crippen molar-refractivity contribution >= 4 is 17.5 Å². The number of benzene rings is 1. The molecule has 0 N–H and O–H groups in total. The molecule has 174 valence electrons. The van der Waals surface area contributed by atoms with Crippen molar-refractivity contribution in [2.24, 2.45) is 11.0 Å². The van der Waals surface area contributed by atoms with E-state index in [-0.39, 0.29) is 24.7 Å². The first-order chi connectivity index (χ1) is 15.5. The molecule has 2 atom stereocenters. The number of ether oxygens (including phenoxy) is 1. The van der Waals surface area contributed by atoms with Crippen LogP contribution in [0.15, 0.2) is 35.4 Å². The van der Waals surface area contributed by atoms with Crippen LogP contribution < -0.4 is 0 Å². The summed E-state index contributed by atoms with van der Waals surface area (Å²) in [4.78, 5) is 29.7. The molecule has 7 heteroatoms. The van der Waals surface area contributed by atoms with Crippen LogP contribution in [0.25, 0.3) is 0 Å². The molecule has 7 nitrogen and oxygen atoms in total. The first-order valence-electron chi connectivity index (χ1n) is 12.1. The molecule has 0 aliphatic carbocycles. The van der Waals surface area contributed by atoms with Crippen LogP contribution in [-0.4, -0.2) is 83.8 Å². The van der Waals surface area contributed by atoms with Gasteiger partial charge in [-0.15, -0.1) is 0 Å². The molecule has 0 spiro atoms. The topological polar surface area (TPSA) is 65.5 Å². The molecule has 1 aromatic rings. The predicted molar refractivity (Wildman–Crippen MR) is 124 cm³/mol. The smallest absolute Gasteiger partial charge is 0.243 e. The quantitative estimate of drug-likeness (QED) is 0.682. The number of nitrogens with zero attached hydrogens (tertiary/aromatic N) is 4. The van der Waals surface area contributed by atoms with Gasteiger partial charge in [-0.2, -0.15) is 5.10 Å². The van der Waals surface area contributed by atoms with E-state index in [2.05, 4.69) is 23.8 Å². The second-order valence-corrected chi connectivity index (χ2v) is 9.48. The Bertz CT molecular complexity index is 810. The molecule has 2 fully saturated rings. The van der Waals surface area contributed by atoms with Crippen molar-refractivity contribution in [1.29, 1.82) is 0 Å². The Kier molecular flexibility index (Phi) is 7.58. The molecule has 2 unspecified atom stereocenters. The molecule has 32 heavy (non-hydrogen) atoms. The molecular formula is C25H36N4O3. The summed E-state index contributed by atoms with van der Waals surface area (Å²) in [5.41, 5.74) is 2.00. The number of amides is 2. The molecule has 0 radical (unpaired) electrons. The zero-order valence-electron chi connectivity index (χ0n) is 19.4. The van der Waals surface area contributed by atoms with Crippen molar-refractivity contribution in [3.8, 4) is 0 Å². The average Bonchev–Trinajstić information content (AvgIpc) is 3.28. The van der Waals surface area contributed by atoms with E-state index in [0.29, 0.717) is 24.7 Å². The van der Waals surface area contributed by atoms with Crippen molar-refractivity contribution in [2.75, 3.05) is 39.3 Å². The molecule has 3 heterocycles. The normalized spacial score (nSPS) is 25.1. The van der Waals surface area contributed by atoms with E-state index in [1.165, 1.54) is 5.01 Å². The Hall–Kier alpha value is -2.25. The van der Waals surface area contributed by atoms with E-state index in [1.54, 1.807) is 0 Å². The maximum atomic E-state index is 12.7. The zero-order valence-corrected chi connectivity index (χ0v) is 19.4. The first kappa shape index (κ1) is 22.9. The van der Waals surface area contributed by atoms with Gasteiger partial charge in [-0.3, -0.25) is 14.5 Å². The summed E-state index contributed by atoms with van der Waals surface area (Å²) in [6.45, 7) is 9.56. The van der Waals surface area contributed by atoms with E-state index < -0.39 is 0 Å². The molecule has 1 aromatic carbocycles. The largest absolute Gasteiger partial charge is 0.373 e. The van der Waals surface area contributed by atoms with Crippen molar-refractivity contribution in [3.05, 3.63) is 35.9 Å². The van der Waals surface area contributed by atoms with Crippen molar-refractivity contribution < 1.29 is 14.3 Å². The second kappa shape index (κ2) is 10.6. The minimum atomic E-state index is -0.0604. The van der Waals surface area contributed by atoms with E-state index in [1.807, 2.05) is 35.2 Å². The highest BCUT2D eigenvalue weighted by molar-refractivity contribution is 6.02. The lowest BCUT2D eigenvalue weighted by molar-refractivity contribution is -0.137. The summed E-state index contributed by atoms with van der Waals surface area (Å²) < 4.78 is 5.83. The third-order valence-electron chi connectivity index (χ3n) is 6.73. The van der Waals surface area contributed by atoms with Gasteiger partial charge in [0.1, 0.15) is 0 Å². The molecule has 4 rings (SSSR count). The lowest BCUT2D eigenvalue weighted by Crippen LogP contribution is -2.48. The fourth-order valence-electron chi connectivity index (χ4n) is 5.14. The first-order valence-corrected chi connectivity index (χ1v) is 12.1. The Balaban J connectivity index is 1.18. The van der Waals surface area contributed by atoms with Crippen LogP contribution in [0.2, 0.25) is 0 Å². The molecule has 2 amide bonds. The maximum Gasteiger partial charge on any atom is 0.243 e. The standard InChI is InChI=1S/C25H36N4O3/c1-19-16-27(17-20(2)32-19)18-21-10-13-28(14-11-21)24(30)8-9-25(31)29-15-12-23(26-29)22-6-4-3-5-7-22/h3-7,19-21H,8-18H2,1-2H3. The molecule has 3 aliphatic heterocycles. The summed E-state index contributed by atoms with van der Waals surface area (Å²) in [5.74, 6) is 0.667. The third kappa shape index (κ3) is 5.95. The predicted octanol–water partition coefficient (Wildman–Crippen LogP) is 2.75. The number of carbonyl (C=O) groups excluding carboxylic acids is 2. The highest BCUT2D eigenvalue weighted by Gasteiger charge is 2.28. The SMILES string of the molecule is CC1CN(CC2CCN(C(=O)CCC(=O)N3CCC(c4ccccc4)=N3)CC2)CC(C)O1. The Labute approximate surface area is 191 Å². The van der Waals surface area contributed by atoms with Gasteiger partial charge < -0.3 is 9.64 Å². The number of rotatable bonds is 6. The second-order valence-electron chi connectivity index (χ2n) is 9.48. The molecule has 2 saturated heterocycles. The number of piperidine rings is 1. The summed E-state index contributed by atoms with van der Waals surface area (Å²) >= 11 is 0. The highest BCUT2D eigenvalue weighted by atomic mass is 16.5. The highest BCUT2D eigenvalue weighted by Crippen LogP contribution is 2.22. The van der Waals surface area contributed by atoms with Crippen LogP contribution in [0.1, 0.15) is 51.5 Å². The zero-order chi connectivity index (χ0) is 22.5. The lowest BCUT2D eigenvalue weighted by Gasteiger charge is -2.39. The minimum Gasteiger partial charge on any atom is -0.373 e. The van der Waals surface area contributed by atoms with Gasteiger partial charge in [0.2, 0.25) is 11.8 Å². The summed E-state index contributed by atoms with van der Waals surface area (Å²) in [5, 5.41) is 6.02. The number of carbonyl (C=O) groups is 2. The van der Waals surface area contributed by atoms with Gasteiger partial charge in [-0.05, 0) is 38.2 Å². The molecule has 3 aliphatic rings. The summed E-state index contributed by atoms with van der Waals surface area (Å²) in [6, 6.07) is 9.96. The average molecular weight is 441 g/mol. The van der Waals surface area contributed by atoms with Gasteiger partial charge in [0, 0.05) is 52.0 Å². The molecule has 0 aromatic heterocycles. The van der Waals surface area contributed by atoms with Gasteiger partial charge >= 0.3 is 0 Å². The van der Waals surface area contributed by atoms with E-state index in [9.17, 15) is 9.59 Å². The van der Waals surface area contributed by atoms with Gasteiger partial charge in [0.15, 0.2) is 0 Å². The van der Waals surface area contributed by atoms with Crippen LogP contribution in [0.5, 0.6) is 0 Å². The molecular weight excluding hydrogens is 404 g/mol. The van der Waals surface area contributed by atoms with Crippen molar-refractivity contribution in [2.45, 2.75) is 58.2 Å². The summed E-state index contributed by atoms with van der Waals surface area (Å²) in [6.07, 6.45) is 3.93. The number of hydrazone groups is 1. The molecule has 0 saturated carbocycles. The van der Waals surface area contributed by atoms with Crippen LogP contribution >= 0.6 is 0 Å². The van der Waals surface area contributed by atoms with Crippen LogP contribution in [-0.2, 0) is 14.3 Å². The van der Waals surface area contributed by atoms with Gasteiger partial charge in [-0.25, -0.2) is 5.01 Å². The maximum absolute atomic E-state index is 12.7. The van der Waals surface area contributed by atoms with E-state index in [4.69, 9.17) is 4.74 Å². The summed E-state index contributed by atoms with van der Waals surface area (Å²) in [7, 11) is 0. The fraction of sp³-hybridized carbons (Fsp3) is 0.640. The van der Waals surface area contributed by atoms with Crippen molar-refractivity contribution in [3.63, 3.8) is 0 Å². The number of morpholine rings is 1. The monoisotopic (exact) mass is 440 g/mol. The Morgan fingerprint density at radius 1 is 0.969 bits per heavy atom. The number of hydrogen-bond donors (Lipinski definition) is 0. The Morgan fingerprint density at radius 2 is 1.62 bits per heavy atom. The van der Waals surface area contributed by atoms with E-state index in [0.717, 1.165) is 63.3 Å². The Morgan fingerprint density at radius 3 is 2.31 bits per heavy atom. The van der Waals surface area contributed by atoms with Gasteiger partial charge in [-0.1, -0.05) is 30.3 Å². The minimum absolute atomic E-state index is 0.0604. The number of likely N-dealkylation sites (tertiary alicyclic amines) is 1. The van der Waals surface area contributed by atoms with Crippen molar-refractivity contribution in [1.82, 2.24) is 14.8 Å². The number of hydrogen-bond acceptors (Lipinski definition) is 5. The van der Waals surface area contributed by atoms with Gasteiger partial charge in [0.25, 0.3) is 0 Å². The fourth-order valence-corrected chi connectivity index (χ4v) is 5.14. The van der Waals surface area contributed by atoms with Crippen LogP contribution in [0.3, 0.4) is 0 Å².